The Kier molecular flexibility index (Phi) is 4.93. The van der Waals surface area contributed by atoms with Gasteiger partial charge in [0.1, 0.15) is 0 Å². The normalized spacial score (nSPS) is 18.0. The van der Waals surface area contributed by atoms with Gasteiger partial charge in [0.2, 0.25) is 0 Å². The summed E-state index contributed by atoms with van der Waals surface area (Å²) in [6.45, 7) is 0. The van der Waals surface area contributed by atoms with Gasteiger partial charge >= 0.3 is 5.97 Å². The lowest BCUT2D eigenvalue weighted by molar-refractivity contribution is -0.132. The third-order valence-corrected chi connectivity index (χ3v) is 3.93. The fourth-order valence-electron chi connectivity index (χ4n) is 2.12. The van der Waals surface area contributed by atoms with E-state index in [4.69, 9.17) is 33.7 Å². The summed E-state index contributed by atoms with van der Waals surface area (Å²) in [5, 5.41) is 0.155. The Labute approximate surface area is 136 Å². The number of carbonyl (C=O) groups is 1. The SMILES string of the molecule is COC(=O)C1=NC(c2ccc(Cl)c(OC)c2F)CC(N)=C1Cl. The van der Waals surface area contributed by atoms with Gasteiger partial charge in [-0.15, -0.1) is 0 Å². The summed E-state index contributed by atoms with van der Waals surface area (Å²) < 4.78 is 24.0. The molecule has 1 aliphatic rings. The van der Waals surface area contributed by atoms with Crippen LogP contribution in [0.5, 0.6) is 5.75 Å². The first kappa shape index (κ1) is 16.6. The van der Waals surface area contributed by atoms with Gasteiger partial charge in [-0.1, -0.05) is 29.3 Å². The van der Waals surface area contributed by atoms with Gasteiger partial charge in [-0.25, -0.2) is 9.18 Å². The first-order valence-electron chi connectivity index (χ1n) is 6.23. The van der Waals surface area contributed by atoms with Crippen molar-refractivity contribution in [2.45, 2.75) is 12.5 Å². The van der Waals surface area contributed by atoms with Gasteiger partial charge in [-0.05, 0) is 6.07 Å². The molecule has 1 aromatic rings. The Balaban J connectivity index is 2.51. The molecule has 0 aliphatic carbocycles. The molecule has 22 heavy (non-hydrogen) atoms. The molecule has 1 unspecified atom stereocenters. The van der Waals surface area contributed by atoms with Crippen LogP contribution in [-0.4, -0.2) is 25.9 Å². The molecule has 8 heteroatoms. The quantitative estimate of drug-likeness (QED) is 0.854. The van der Waals surface area contributed by atoms with Crippen molar-refractivity contribution in [2.75, 3.05) is 14.2 Å². The largest absolute Gasteiger partial charge is 0.492 e. The number of carbonyl (C=O) groups excluding carboxylic acids is 1. The first-order valence-corrected chi connectivity index (χ1v) is 6.98. The molecule has 0 spiro atoms. The molecule has 0 bridgehead atoms. The Morgan fingerprint density at radius 3 is 2.68 bits per heavy atom. The summed E-state index contributed by atoms with van der Waals surface area (Å²) in [5.41, 5.74) is 6.12. The lowest BCUT2D eigenvalue weighted by Gasteiger charge is -2.22. The molecule has 2 rings (SSSR count). The molecule has 0 saturated carbocycles. The van der Waals surface area contributed by atoms with Crippen molar-refractivity contribution in [3.63, 3.8) is 0 Å². The molecule has 0 amide bonds. The zero-order valence-electron chi connectivity index (χ0n) is 11.8. The van der Waals surface area contributed by atoms with Gasteiger partial charge in [0, 0.05) is 17.7 Å². The number of hydrogen-bond acceptors (Lipinski definition) is 5. The van der Waals surface area contributed by atoms with Crippen molar-refractivity contribution in [1.82, 2.24) is 0 Å². The Bertz CT molecular complexity index is 689. The molecule has 118 valence electrons. The maximum atomic E-state index is 14.5. The predicted octanol–water partition coefficient (Wildman–Crippen LogP) is 2.96. The number of nitrogens with zero attached hydrogens (tertiary/aromatic N) is 1. The molecule has 0 radical (unpaired) electrons. The molecule has 1 atom stereocenters. The first-order chi connectivity index (χ1) is 10.4. The molecular weight excluding hydrogens is 334 g/mol. The topological polar surface area (TPSA) is 73.9 Å². The molecular formula is C14H13Cl2FN2O3. The number of aliphatic imine (C=N–C) groups is 1. The van der Waals surface area contributed by atoms with Crippen molar-refractivity contribution in [2.24, 2.45) is 10.7 Å². The van der Waals surface area contributed by atoms with Crippen LogP contribution in [0.25, 0.3) is 0 Å². The average molecular weight is 347 g/mol. The number of hydrogen-bond donors (Lipinski definition) is 1. The molecule has 0 fully saturated rings. The zero-order chi connectivity index (χ0) is 16.4. The van der Waals surface area contributed by atoms with E-state index in [9.17, 15) is 9.18 Å². The van der Waals surface area contributed by atoms with E-state index in [1.165, 1.54) is 26.4 Å². The molecule has 0 aromatic heterocycles. The van der Waals surface area contributed by atoms with Gasteiger partial charge in [0.15, 0.2) is 17.3 Å². The van der Waals surface area contributed by atoms with Crippen LogP contribution in [0, 0.1) is 5.82 Å². The number of rotatable bonds is 3. The van der Waals surface area contributed by atoms with E-state index >= 15 is 0 Å². The molecule has 2 N–H and O–H groups in total. The minimum absolute atomic E-state index is 0.0180. The highest BCUT2D eigenvalue weighted by Crippen LogP contribution is 2.38. The maximum Gasteiger partial charge on any atom is 0.357 e. The highest BCUT2D eigenvalue weighted by molar-refractivity contribution is 6.58. The Hall–Kier alpha value is -1.79. The van der Waals surface area contributed by atoms with Gasteiger partial charge in [-0.2, -0.15) is 0 Å². The molecule has 1 aromatic carbocycles. The van der Waals surface area contributed by atoms with E-state index in [0.717, 1.165) is 0 Å². The van der Waals surface area contributed by atoms with E-state index in [1.54, 1.807) is 0 Å². The third-order valence-electron chi connectivity index (χ3n) is 3.21. The maximum absolute atomic E-state index is 14.5. The van der Waals surface area contributed by atoms with Crippen LogP contribution in [0.1, 0.15) is 18.0 Å². The van der Waals surface area contributed by atoms with Crippen molar-refractivity contribution in [3.05, 3.63) is 39.3 Å². The number of benzene rings is 1. The van der Waals surface area contributed by atoms with Crippen LogP contribution in [0.2, 0.25) is 5.02 Å². The summed E-state index contributed by atoms with van der Waals surface area (Å²) in [6, 6.07) is 2.24. The monoisotopic (exact) mass is 346 g/mol. The second-order valence-electron chi connectivity index (χ2n) is 4.51. The predicted molar refractivity (Wildman–Crippen MR) is 81.8 cm³/mol. The minimum Gasteiger partial charge on any atom is -0.492 e. The van der Waals surface area contributed by atoms with Crippen molar-refractivity contribution < 1.29 is 18.7 Å². The van der Waals surface area contributed by atoms with E-state index < -0.39 is 17.8 Å². The van der Waals surface area contributed by atoms with Crippen LogP contribution in [0.4, 0.5) is 4.39 Å². The van der Waals surface area contributed by atoms with Crippen LogP contribution < -0.4 is 10.5 Å². The van der Waals surface area contributed by atoms with Crippen LogP contribution >= 0.6 is 23.2 Å². The summed E-state index contributed by atoms with van der Waals surface area (Å²) in [5.74, 6) is -1.48. The van der Waals surface area contributed by atoms with Gasteiger partial charge < -0.3 is 15.2 Å². The second-order valence-corrected chi connectivity index (χ2v) is 5.30. The number of halogens is 3. The summed E-state index contributed by atoms with van der Waals surface area (Å²) in [6.07, 6.45) is 0.168. The lowest BCUT2D eigenvalue weighted by Crippen LogP contribution is -2.25. The van der Waals surface area contributed by atoms with Crippen molar-refractivity contribution in [3.8, 4) is 5.75 Å². The van der Waals surface area contributed by atoms with Crippen molar-refractivity contribution >= 4 is 34.9 Å². The molecule has 1 aliphatic heterocycles. The molecule has 1 heterocycles. The second kappa shape index (κ2) is 6.54. The summed E-state index contributed by atoms with van der Waals surface area (Å²) in [7, 11) is 2.50. The van der Waals surface area contributed by atoms with Gasteiger partial charge in [0.25, 0.3) is 0 Å². The molecule has 0 saturated heterocycles. The standard InChI is InChI=1S/C14H13Cl2FN2O3/c1-21-13-7(15)4-3-6(11(13)17)9-5-8(18)10(16)12(19-9)14(20)22-2/h3-4,9H,5,18H2,1-2H3. The van der Waals surface area contributed by atoms with E-state index in [0.29, 0.717) is 0 Å². The van der Waals surface area contributed by atoms with Crippen molar-refractivity contribution in [1.29, 1.82) is 0 Å². The number of dihydropyridines is 1. The number of methoxy groups -OCH3 is 2. The Morgan fingerprint density at radius 1 is 1.41 bits per heavy atom. The van der Waals surface area contributed by atoms with Gasteiger partial charge in [0.05, 0.1) is 30.3 Å². The molecule has 5 nitrogen and oxygen atoms in total. The minimum atomic E-state index is -0.737. The van der Waals surface area contributed by atoms with E-state index in [1.807, 2.05) is 0 Å². The third kappa shape index (κ3) is 2.89. The number of nitrogens with two attached hydrogens (primary N) is 1. The van der Waals surface area contributed by atoms with E-state index in [-0.39, 0.29) is 39.2 Å². The highest BCUT2D eigenvalue weighted by atomic mass is 35.5. The highest BCUT2D eigenvalue weighted by Gasteiger charge is 2.29. The fraction of sp³-hybridized carbons (Fsp3) is 0.286. The number of esters is 1. The lowest BCUT2D eigenvalue weighted by atomic mass is 9.98. The van der Waals surface area contributed by atoms with Crippen LogP contribution in [-0.2, 0) is 9.53 Å². The van der Waals surface area contributed by atoms with Crippen LogP contribution in [0.15, 0.2) is 27.9 Å². The average Bonchev–Trinajstić information content (AvgIpc) is 2.50. The van der Waals surface area contributed by atoms with E-state index in [2.05, 4.69) is 9.73 Å². The number of ether oxygens (including phenoxy) is 2. The fourth-order valence-corrected chi connectivity index (χ4v) is 2.55. The van der Waals surface area contributed by atoms with Crippen LogP contribution in [0.3, 0.4) is 0 Å². The Morgan fingerprint density at radius 2 is 2.09 bits per heavy atom. The van der Waals surface area contributed by atoms with Gasteiger partial charge in [-0.3, -0.25) is 4.99 Å². The summed E-state index contributed by atoms with van der Waals surface area (Å²) >= 11 is 11.8. The summed E-state index contributed by atoms with van der Waals surface area (Å²) in [4.78, 5) is 15.8. The smallest absolute Gasteiger partial charge is 0.357 e. The zero-order valence-corrected chi connectivity index (χ0v) is 13.3.